The molecule has 0 radical (unpaired) electrons. The van der Waals surface area contributed by atoms with Crippen molar-refractivity contribution in [1.82, 2.24) is 5.32 Å². The first kappa shape index (κ1) is 23.5. The van der Waals surface area contributed by atoms with Crippen LogP contribution in [0, 0.1) is 0 Å². The molecule has 0 fully saturated rings. The van der Waals surface area contributed by atoms with Gasteiger partial charge in [-0.05, 0) is 43.4 Å². The highest BCUT2D eigenvalue weighted by molar-refractivity contribution is 9.10. The Morgan fingerprint density at radius 2 is 1.79 bits per heavy atom. The Bertz CT molecular complexity index is 1110. The molecule has 172 valence electrons. The summed E-state index contributed by atoms with van der Waals surface area (Å²) in [6.45, 7) is 4.85. The predicted octanol–water partition coefficient (Wildman–Crippen LogP) is 5.39. The molecular formula is C27H28BrNO4. The zero-order valence-electron chi connectivity index (χ0n) is 18.9. The number of rotatable bonds is 7. The van der Waals surface area contributed by atoms with Gasteiger partial charge in [-0.25, -0.2) is 4.79 Å². The highest BCUT2D eigenvalue weighted by atomic mass is 79.9. The third kappa shape index (κ3) is 4.97. The Morgan fingerprint density at radius 1 is 1.06 bits per heavy atom. The van der Waals surface area contributed by atoms with Crippen LogP contribution in [0.15, 0.2) is 81.6 Å². The minimum atomic E-state index is -0.486. The molecule has 2 unspecified atom stereocenters. The van der Waals surface area contributed by atoms with E-state index in [4.69, 9.17) is 9.47 Å². The molecule has 1 N–H and O–H groups in total. The number of dihydropyridines is 1. The van der Waals surface area contributed by atoms with Crippen LogP contribution in [0.1, 0.15) is 49.7 Å². The highest BCUT2D eigenvalue weighted by Gasteiger charge is 2.42. The van der Waals surface area contributed by atoms with Gasteiger partial charge in [0.2, 0.25) is 0 Å². The molecule has 0 aromatic heterocycles. The van der Waals surface area contributed by atoms with Crippen molar-refractivity contribution in [2.75, 3.05) is 19.8 Å². The van der Waals surface area contributed by atoms with Crippen LogP contribution in [0.25, 0.3) is 0 Å². The SMILES string of the molecule is CCOCCOC(=O)C1=C(C)NC2=C(C(=O)CC(c3ccccc3)C2)C1c1ccccc1Br. The first-order valence-corrected chi connectivity index (χ1v) is 12.1. The van der Waals surface area contributed by atoms with E-state index in [9.17, 15) is 9.59 Å². The number of hydrogen-bond donors (Lipinski definition) is 1. The third-order valence-electron chi connectivity index (χ3n) is 6.20. The van der Waals surface area contributed by atoms with E-state index in [2.05, 4.69) is 33.4 Å². The molecule has 1 aliphatic heterocycles. The maximum atomic E-state index is 13.6. The molecule has 2 atom stereocenters. The van der Waals surface area contributed by atoms with Crippen LogP contribution in [0.4, 0.5) is 0 Å². The number of ketones is 1. The van der Waals surface area contributed by atoms with Crippen molar-refractivity contribution >= 4 is 27.7 Å². The number of benzene rings is 2. The minimum Gasteiger partial charge on any atom is -0.460 e. The number of carbonyl (C=O) groups excluding carboxylic acids is 2. The van der Waals surface area contributed by atoms with Crippen LogP contribution < -0.4 is 5.32 Å². The largest absolute Gasteiger partial charge is 0.460 e. The summed E-state index contributed by atoms with van der Waals surface area (Å²) in [5, 5.41) is 3.39. The molecule has 0 bridgehead atoms. The molecule has 2 aromatic rings. The topological polar surface area (TPSA) is 64.6 Å². The van der Waals surface area contributed by atoms with Crippen molar-refractivity contribution in [3.63, 3.8) is 0 Å². The van der Waals surface area contributed by atoms with Gasteiger partial charge in [0, 0.05) is 40.4 Å². The van der Waals surface area contributed by atoms with Crippen molar-refractivity contribution in [2.24, 2.45) is 0 Å². The highest BCUT2D eigenvalue weighted by Crippen LogP contribution is 2.47. The van der Waals surface area contributed by atoms with Gasteiger partial charge in [-0.1, -0.05) is 64.5 Å². The van der Waals surface area contributed by atoms with E-state index in [1.807, 2.05) is 56.3 Å². The minimum absolute atomic E-state index is 0.0606. The molecule has 0 saturated heterocycles. The lowest BCUT2D eigenvalue weighted by atomic mass is 9.72. The fourth-order valence-electron chi connectivity index (χ4n) is 4.71. The van der Waals surface area contributed by atoms with Gasteiger partial charge in [0.15, 0.2) is 5.78 Å². The Kier molecular flexibility index (Phi) is 7.46. The molecule has 33 heavy (non-hydrogen) atoms. The lowest BCUT2D eigenvalue weighted by Crippen LogP contribution is -2.36. The summed E-state index contributed by atoms with van der Waals surface area (Å²) in [5.74, 6) is -0.742. The number of allylic oxidation sites excluding steroid dienone is 3. The number of carbonyl (C=O) groups is 2. The Morgan fingerprint density at radius 3 is 2.52 bits per heavy atom. The Balaban J connectivity index is 1.73. The lowest BCUT2D eigenvalue weighted by molar-refractivity contribution is -0.140. The number of Topliss-reactive ketones (excluding diaryl/α,β-unsaturated/α-hetero) is 1. The number of esters is 1. The summed E-state index contributed by atoms with van der Waals surface area (Å²) in [6.07, 6.45) is 1.13. The first-order chi connectivity index (χ1) is 16.0. The van der Waals surface area contributed by atoms with Crippen molar-refractivity contribution in [2.45, 2.75) is 38.5 Å². The van der Waals surface area contributed by atoms with E-state index in [-0.39, 0.29) is 18.3 Å². The number of nitrogens with one attached hydrogen (secondary N) is 1. The van der Waals surface area contributed by atoms with E-state index in [1.54, 1.807) is 0 Å². The lowest BCUT2D eigenvalue weighted by Gasteiger charge is -2.37. The molecule has 2 aliphatic rings. The third-order valence-corrected chi connectivity index (χ3v) is 6.92. The maximum absolute atomic E-state index is 13.6. The van der Waals surface area contributed by atoms with Crippen LogP contribution >= 0.6 is 15.9 Å². The molecule has 0 saturated carbocycles. The number of hydrogen-bond acceptors (Lipinski definition) is 5. The second kappa shape index (κ2) is 10.5. The number of ether oxygens (including phenoxy) is 2. The van der Waals surface area contributed by atoms with Gasteiger partial charge in [0.05, 0.1) is 12.2 Å². The molecule has 0 spiro atoms. The predicted molar refractivity (Wildman–Crippen MR) is 131 cm³/mol. The molecular weight excluding hydrogens is 482 g/mol. The Labute approximate surface area is 203 Å². The molecule has 0 amide bonds. The second-order valence-electron chi connectivity index (χ2n) is 8.28. The molecule has 5 nitrogen and oxygen atoms in total. The summed E-state index contributed by atoms with van der Waals surface area (Å²) < 4.78 is 11.7. The number of halogens is 1. The van der Waals surface area contributed by atoms with Crippen LogP contribution in [0.2, 0.25) is 0 Å². The fraction of sp³-hybridized carbons (Fsp3) is 0.333. The summed E-state index contributed by atoms with van der Waals surface area (Å²) in [7, 11) is 0. The zero-order chi connectivity index (χ0) is 23.4. The fourth-order valence-corrected chi connectivity index (χ4v) is 5.22. The van der Waals surface area contributed by atoms with Crippen molar-refractivity contribution < 1.29 is 19.1 Å². The summed E-state index contributed by atoms with van der Waals surface area (Å²) in [5.41, 5.74) is 4.79. The van der Waals surface area contributed by atoms with Crippen LogP contribution in [0.3, 0.4) is 0 Å². The van der Waals surface area contributed by atoms with Gasteiger partial charge in [0.1, 0.15) is 6.61 Å². The first-order valence-electron chi connectivity index (χ1n) is 11.3. The van der Waals surface area contributed by atoms with E-state index in [0.29, 0.717) is 30.8 Å². The van der Waals surface area contributed by atoms with Gasteiger partial charge in [-0.2, -0.15) is 0 Å². The van der Waals surface area contributed by atoms with Gasteiger partial charge in [0.25, 0.3) is 0 Å². The van der Waals surface area contributed by atoms with Gasteiger partial charge in [-0.3, -0.25) is 4.79 Å². The van der Waals surface area contributed by atoms with E-state index < -0.39 is 11.9 Å². The van der Waals surface area contributed by atoms with Crippen LogP contribution in [-0.4, -0.2) is 31.6 Å². The standard InChI is InChI=1S/C27H28BrNO4/c1-3-32-13-14-33-27(31)24-17(2)29-22-15-19(18-9-5-4-6-10-18)16-23(30)26(22)25(24)20-11-7-8-12-21(20)28/h4-12,19,25,29H,3,13-16H2,1-2H3. The summed E-state index contributed by atoms with van der Waals surface area (Å²) in [4.78, 5) is 26.8. The second-order valence-corrected chi connectivity index (χ2v) is 9.14. The van der Waals surface area contributed by atoms with Gasteiger partial charge >= 0.3 is 5.97 Å². The molecule has 2 aromatic carbocycles. The quantitative estimate of drug-likeness (QED) is 0.400. The van der Waals surface area contributed by atoms with E-state index in [1.165, 1.54) is 0 Å². The smallest absolute Gasteiger partial charge is 0.336 e. The maximum Gasteiger partial charge on any atom is 0.336 e. The summed E-state index contributed by atoms with van der Waals surface area (Å²) in [6, 6.07) is 17.9. The van der Waals surface area contributed by atoms with Gasteiger partial charge < -0.3 is 14.8 Å². The van der Waals surface area contributed by atoms with E-state index >= 15 is 0 Å². The zero-order valence-corrected chi connectivity index (χ0v) is 20.5. The molecule has 6 heteroatoms. The monoisotopic (exact) mass is 509 g/mol. The molecule has 1 heterocycles. The van der Waals surface area contributed by atoms with Crippen LogP contribution in [0.5, 0.6) is 0 Å². The normalized spacial score (nSPS) is 20.4. The van der Waals surface area contributed by atoms with Crippen molar-refractivity contribution in [3.8, 4) is 0 Å². The van der Waals surface area contributed by atoms with E-state index in [0.717, 1.165) is 33.4 Å². The Hall–Kier alpha value is -2.70. The van der Waals surface area contributed by atoms with Crippen molar-refractivity contribution in [1.29, 1.82) is 0 Å². The van der Waals surface area contributed by atoms with Crippen molar-refractivity contribution in [3.05, 3.63) is 92.7 Å². The molecule has 1 aliphatic carbocycles. The summed E-state index contributed by atoms with van der Waals surface area (Å²) >= 11 is 3.64. The molecule has 4 rings (SSSR count). The average Bonchev–Trinajstić information content (AvgIpc) is 2.81. The van der Waals surface area contributed by atoms with Crippen LogP contribution in [-0.2, 0) is 19.1 Å². The average molecular weight is 510 g/mol. The van der Waals surface area contributed by atoms with Gasteiger partial charge in [-0.15, -0.1) is 0 Å².